The molecular formula is C61H91F4N7O4S. The third-order valence-electron chi connectivity index (χ3n) is 14.6. The summed E-state index contributed by atoms with van der Waals surface area (Å²) in [6.07, 6.45) is 15.5. The number of aryl methyl sites for hydroxylation is 2. The van der Waals surface area contributed by atoms with Gasteiger partial charge in [-0.3, -0.25) is 29.4 Å². The second kappa shape index (κ2) is 36.2. The molecule has 4 N–H and O–H groups in total. The number of aliphatic imine (C=N–C) groups is 1. The Balaban J connectivity index is 0.000000918. The van der Waals surface area contributed by atoms with Crippen LogP contribution in [0.5, 0.6) is 0 Å². The molecule has 3 fully saturated rings. The van der Waals surface area contributed by atoms with Gasteiger partial charge in [0.1, 0.15) is 18.2 Å². The summed E-state index contributed by atoms with van der Waals surface area (Å²) in [5, 5.41) is 15.1. The molecule has 0 radical (unpaired) electrons. The molecule has 2 aromatic carbocycles. The molecule has 0 bridgehead atoms. The number of likely N-dealkylation sites (tertiary alicyclic amines) is 3. The molecule has 0 spiro atoms. The van der Waals surface area contributed by atoms with E-state index in [0.717, 1.165) is 79.8 Å². The van der Waals surface area contributed by atoms with E-state index in [1.807, 2.05) is 74.9 Å². The van der Waals surface area contributed by atoms with Gasteiger partial charge in [-0.2, -0.15) is 0 Å². The fourth-order valence-corrected chi connectivity index (χ4v) is 9.85. The zero-order valence-electron chi connectivity index (χ0n) is 48.0. The monoisotopic (exact) mass is 1090 g/mol. The van der Waals surface area contributed by atoms with Crippen LogP contribution in [-0.2, 0) is 9.53 Å². The Kier molecular flexibility index (Phi) is 32.1. The predicted molar refractivity (Wildman–Crippen MR) is 313 cm³/mol. The van der Waals surface area contributed by atoms with E-state index in [1.165, 1.54) is 23.3 Å². The van der Waals surface area contributed by atoms with Gasteiger partial charge in [0.15, 0.2) is 0 Å². The van der Waals surface area contributed by atoms with Crippen LogP contribution < -0.4 is 10.5 Å². The number of hydrogen-bond donors (Lipinski definition) is 3. The number of rotatable bonds is 17. The van der Waals surface area contributed by atoms with Gasteiger partial charge in [0.25, 0.3) is 11.8 Å². The number of benzene rings is 2. The molecule has 6 rings (SSSR count). The lowest BCUT2D eigenvalue weighted by Crippen LogP contribution is -2.50. The lowest BCUT2D eigenvalue weighted by molar-refractivity contribution is -0.124. The molecule has 428 valence electrons. The highest BCUT2D eigenvalue weighted by atomic mass is 32.2. The van der Waals surface area contributed by atoms with Crippen LogP contribution in [0.3, 0.4) is 0 Å². The number of amides is 2. The van der Waals surface area contributed by atoms with E-state index in [2.05, 4.69) is 94.5 Å². The number of allylic oxidation sites excluding steroid dienone is 4. The first-order valence-electron chi connectivity index (χ1n) is 27.3. The van der Waals surface area contributed by atoms with Gasteiger partial charge in [-0.15, -0.1) is 3.89 Å². The Labute approximate surface area is 464 Å². The first-order valence-corrected chi connectivity index (χ1v) is 28.0. The van der Waals surface area contributed by atoms with Crippen molar-refractivity contribution in [3.63, 3.8) is 0 Å². The van der Waals surface area contributed by atoms with Crippen molar-refractivity contribution in [1.82, 2.24) is 25.0 Å². The molecule has 11 nitrogen and oxygen atoms in total. The van der Waals surface area contributed by atoms with Crippen LogP contribution in [0.15, 0.2) is 95.8 Å². The number of aliphatic hydroxyl groups is 1. The molecule has 1 aromatic heterocycles. The molecule has 3 aliphatic heterocycles. The molecule has 3 aromatic rings. The van der Waals surface area contributed by atoms with Crippen molar-refractivity contribution < 1.29 is 36.5 Å². The number of carbonyl (C=O) groups excluding carboxylic acids is 2. The summed E-state index contributed by atoms with van der Waals surface area (Å²) in [5.74, 6) is -3.84. The van der Waals surface area contributed by atoms with Crippen molar-refractivity contribution in [3.8, 4) is 0 Å². The maximum absolute atomic E-state index is 15.3. The van der Waals surface area contributed by atoms with Gasteiger partial charge in [-0.1, -0.05) is 75.4 Å². The topological polar surface area (TPSA) is 137 Å². The fraction of sp³-hybridized carbons (Fsp3) is 0.541. The fourth-order valence-electron chi connectivity index (χ4n) is 9.85. The minimum atomic E-state index is -3.00. The van der Waals surface area contributed by atoms with E-state index in [0.29, 0.717) is 49.8 Å². The smallest absolute Gasteiger partial charge is 0.267 e. The summed E-state index contributed by atoms with van der Waals surface area (Å²) in [7, 11) is 3.30. The summed E-state index contributed by atoms with van der Waals surface area (Å²) in [6.45, 7) is 30.6. The van der Waals surface area contributed by atoms with Gasteiger partial charge >= 0.3 is 0 Å². The molecule has 3 aliphatic rings. The molecule has 3 unspecified atom stereocenters. The third kappa shape index (κ3) is 22.0. The van der Waals surface area contributed by atoms with Gasteiger partial charge in [0, 0.05) is 82.0 Å². The number of aromatic nitrogens is 1. The minimum Gasteiger partial charge on any atom is -0.396 e. The Hall–Kier alpha value is -4.97. The van der Waals surface area contributed by atoms with Gasteiger partial charge in [0.2, 0.25) is 5.91 Å². The number of halogens is 4. The number of pyridine rings is 1. The SMILES string of the molecule is C=NC(=C)/C=C\C(=C/C)c1ccnc(C)c1/C=C(\C)C(C)N1CCC(c2ccc(C(=O)N3CCC(CN4CCC(c5ccc(C)cc5F)C(F)(F)C4)CC3)cc2)CC1.CC.CCOC.CNC(=O)C(C)CCCO.NSF. The highest BCUT2D eigenvalue weighted by molar-refractivity contribution is 7.91. The van der Waals surface area contributed by atoms with Crippen LogP contribution in [0.25, 0.3) is 11.6 Å². The van der Waals surface area contributed by atoms with Crippen LogP contribution in [0, 0.1) is 31.5 Å². The van der Waals surface area contributed by atoms with Crippen molar-refractivity contribution in [2.75, 3.05) is 73.2 Å². The number of ether oxygens (including phenoxy) is 1. The number of hydrogen-bond acceptors (Lipinski definition) is 10. The van der Waals surface area contributed by atoms with Gasteiger partial charge in [-0.25, -0.2) is 18.3 Å². The van der Waals surface area contributed by atoms with E-state index in [-0.39, 0.29) is 67.2 Å². The summed E-state index contributed by atoms with van der Waals surface area (Å²) >= 11 is -0.250. The summed E-state index contributed by atoms with van der Waals surface area (Å²) in [6, 6.07) is 15.1. The van der Waals surface area contributed by atoms with Crippen LogP contribution in [0.1, 0.15) is 149 Å². The molecule has 4 heterocycles. The molecule has 16 heteroatoms. The number of piperidine rings is 3. The predicted octanol–water partition coefficient (Wildman–Crippen LogP) is 13.0. The van der Waals surface area contributed by atoms with Gasteiger partial charge in [-0.05, 0) is 183 Å². The second-order valence-electron chi connectivity index (χ2n) is 19.7. The quantitative estimate of drug-likeness (QED) is 0.0522. The van der Waals surface area contributed by atoms with Crippen molar-refractivity contribution in [3.05, 3.63) is 136 Å². The van der Waals surface area contributed by atoms with E-state index >= 15 is 8.78 Å². The zero-order chi connectivity index (χ0) is 57.7. The Morgan fingerprint density at radius 1 is 1.01 bits per heavy atom. The maximum atomic E-state index is 15.3. The van der Waals surface area contributed by atoms with E-state index in [9.17, 15) is 17.9 Å². The lowest BCUT2D eigenvalue weighted by atomic mass is 9.84. The molecule has 77 heavy (non-hydrogen) atoms. The molecule has 0 aliphatic carbocycles. The van der Waals surface area contributed by atoms with Crippen molar-refractivity contribution in [1.29, 1.82) is 0 Å². The average molecular weight is 1090 g/mol. The van der Waals surface area contributed by atoms with Crippen molar-refractivity contribution >= 4 is 42.5 Å². The molecule has 0 saturated carbocycles. The second-order valence-corrected chi connectivity index (χ2v) is 19.9. The van der Waals surface area contributed by atoms with Crippen LogP contribution >= 0.6 is 12.3 Å². The van der Waals surface area contributed by atoms with Crippen LogP contribution in [0.2, 0.25) is 0 Å². The van der Waals surface area contributed by atoms with Gasteiger partial charge < -0.3 is 20.1 Å². The number of aliphatic hydroxyl groups excluding tert-OH is 1. The third-order valence-corrected chi connectivity index (χ3v) is 14.6. The van der Waals surface area contributed by atoms with E-state index in [1.54, 1.807) is 27.1 Å². The highest BCUT2D eigenvalue weighted by Crippen LogP contribution is 2.42. The first-order chi connectivity index (χ1) is 36.8. The number of nitrogens with zero attached hydrogens (tertiary/aromatic N) is 5. The Bertz CT molecular complexity index is 2350. The molecule has 3 atom stereocenters. The number of alkyl halides is 2. The first kappa shape index (κ1) is 68.1. The lowest BCUT2D eigenvalue weighted by Gasteiger charge is -2.41. The maximum Gasteiger partial charge on any atom is 0.267 e. The number of nitrogens with one attached hydrogen (secondary N) is 1. The largest absolute Gasteiger partial charge is 0.396 e. The summed E-state index contributed by atoms with van der Waals surface area (Å²) in [4.78, 5) is 39.2. The van der Waals surface area contributed by atoms with E-state index in [4.69, 9.17) is 5.11 Å². The van der Waals surface area contributed by atoms with Gasteiger partial charge in [0.05, 0.1) is 18.2 Å². The Morgan fingerprint density at radius 3 is 2.17 bits per heavy atom. The van der Waals surface area contributed by atoms with E-state index < -0.39 is 17.7 Å². The zero-order valence-corrected chi connectivity index (χ0v) is 48.8. The van der Waals surface area contributed by atoms with Crippen LogP contribution in [-0.4, -0.2) is 128 Å². The number of methoxy groups -OCH3 is 1. The van der Waals surface area contributed by atoms with Crippen LogP contribution in [0.4, 0.5) is 17.1 Å². The number of nitrogens with two attached hydrogens (primary N) is 1. The van der Waals surface area contributed by atoms with Crippen molar-refractivity contribution in [2.24, 2.45) is 22.0 Å². The normalized spacial score (nSPS) is 18.2. The standard InChI is InChI=1S/C49H60F3N5O.C7H15NO2.C3H8O.C2H6.FH2NS/c1-8-39(11-10-35(4)53-7)43-17-23-54-36(5)45(43)30-34(3)37(6)56-27-20-41(21-28-56)40-12-14-42(15-13-40)48(58)57-25-18-38(19-26-57)31-55-24-22-46(49(51,52)32-55)44-16-9-33(2)29-47(44)50;1-6(4-3-5-9)7(10)8-2;1-3-4-2;1-2;1-3-2/h8-17,23,29-30,37-38,41,46H,4,7,18-22,24-28,31-32H2,1-3,5-6H3;6,9H,3-5H2,1-2H3,(H,8,10);3H2,1-2H3;1-2H3;2H2/b11-10-,34-30+,39-8+;;;;. The highest BCUT2D eigenvalue weighted by Gasteiger charge is 2.46. The minimum absolute atomic E-state index is 0.0251. The van der Waals surface area contributed by atoms with Crippen molar-refractivity contribution in [2.45, 2.75) is 131 Å². The summed E-state index contributed by atoms with van der Waals surface area (Å²) < 4.78 is 59.7. The Morgan fingerprint density at radius 2 is 1.64 bits per heavy atom. The summed E-state index contributed by atoms with van der Waals surface area (Å²) in [5.41, 5.74) is 9.03. The molecule has 2 amide bonds. The molecular weight excluding hydrogens is 1000 g/mol. The average Bonchev–Trinajstić information content (AvgIpc) is 3.44. The number of carbonyl (C=O) groups is 2. The molecule has 3 saturated heterocycles.